The highest BCUT2D eigenvalue weighted by Crippen LogP contribution is 2.22. The standard InChI is InChI=1S/C18H27N3O4/c1-18(2,3)25-17(23)21-9-6-13(7-10-21)8-11-24-14-4-5-15(16(19)22)20-12-14/h4-5,12-13H,6-11H2,1-3H3,(H2,19,22). The van der Waals surface area contributed by atoms with Crippen molar-refractivity contribution >= 4 is 12.0 Å². The predicted molar refractivity (Wildman–Crippen MR) is 93.4 cm³/mol. The Balaban J connectivity index is 1.68. The second-order valence-electron chi connectivity index (χ2n) is 7.29. The quantitative estimate of drug-likeness (QED) is 0.881. The van der Waals surface area contributed by atoms with Gasteiger partial charge in [-0.15, -0.1) is 0 Å². The summed E-state index contributed by atoms with van der Waals surface area (Å²) in [6.45, 7) is 7.64. The second-order valence-corrected chi connectivity index (χ2v) is 7.29. The van der Waals surface area contributed by atoms with Crippen molar-refractivity contribution in [1.82, 2.24) is 9.88 Å². The Morgan fingerprint density at radius 3 is 2.48 bits per heavy atom. The van der Waals surface area contributed by atoms with Crippen LogP contribution in [0.4, 0.5) is 4.79 Å². The summed E-state index contributed by atoms with van der Waals surface area (Å²) in [6.07, 6.45) is 4.08. The van der Waals surface area contributed by atoms with Crippen molar-refractivity contribution < 1.29 is 19.1 Å². The van der Waals surface area contributed by atoms with E-state index in [0.717, 1.165) is 19.3 Å². The van der Waals surface area contributed by atoms with Crippen molar-refractivity contribution in [1.29, 1.82) is 0 Å². The molecule has 0 aliphatic carbocycles. The van der Waals surface area contributed by atoms with Gasteiger partial charge in [0.1, 0.15) is 17.0 Å². The summed E-state index contributed by atoms with van der Waals surface area (Å²) >= 11 is 0. The molecule has 2 rings (SSSR count). The van der Waals surface area contributed by atoms with Gasteiger partial charge >= 0.3 is 6.09 Å². The lowest BCUT2D eigenvalue weighted by Gasteiger charge is -2.33. The molecule has 1 aliphatic heterocycles. The molecule has 0 spiro atoms. The predicted octanol–water partition coefficient (Wildman–Crippen LogP) is 2.60. The fraction of sp³-hybridized carbons (Fsp3) is 0.611. The fourth-order valence-corrected chi connectivity index (χ4v) is 2.69. The molecule has 0 saturated carbocycles. The molecule has 0 bridgehead atoms. The zero-order chi connectivity index (χ0) is 18.4. The first-order valence-electron chi connectivity index (χ1n) is 8.61. The minimum absolute atomic E-state index is 0.224. The van der Waals surface area contributed by atoms with E-state index in [0.29, 0.717) is 31.4 Å². The van der Waals surface area contributed by atoms with Crippen molar-refractivity contribution in [3.05, 3.63) is 24.0 Å². The van der Waals surface area contributed by atoms with Gasteiger partial charge in [-0.3, -0.25) is 4.79 Å². The third-order valence-corrected chi connectivity index (χ3v) is 4.05. The molecule has 138 valence electrons. The van der Waals surface area contributed by atoms with E-state index in [-0.39, 0.29) is 11.8 Å². The maximum absolute atomic E-state index is 12.0. The summed E-state index contributed by atoms with van der Waals surface area (Å²) in [5, 5.41) is 0. The number of rotatable bonds is 5. The van der Waals surface area contributed by atoms with Crippen LogP contribution in [0.3, 0.4) is 0 Å². The van der Waals surface area contributed by atoms with Gasteiger partial charge in [-0.05, 0) is 58.1 Å². The van der Waals surface area contributed by atoms with Gasteiger partial charge in [0.25, 0.3) is 5.91 Å². The molecule has 0 radical (unpaired) electrons. The Bertz CT molecular complexity index is 587. The Kier molecular flexibility index (Phi) is 6.22. The van der Waals surface area contributed by atoms with Gasteiger partial charge in [0.05, 0.1) is 12.8 Å². The van der Waals surface area contributed by atoms with E-state index in [9.17, 15) is 9.59 Å². The van der Waals surface area contributed by atoms with Crippen molar-refractivity contribution in [2.45, 2.75) is 45.6 Å². The smallest absolute Gasteiger partial charge is 0.410 e. The number of amides is 2. The number of likely N-dealkylation sites (tertiary alicyclic amines) is 1. The van der Waals surface area contributed by atoms with Crippen molar-refractivity contribution in [3.8, 4) is 5.75 Å². The topological polar surface area (TPSA) is 94.7 Å². The van der Waals surface area contributed by atoms with E-state index in [2.05, 4.69) is 4.98 Å². The normalized spacial score (nSPS) is 15.7. The molecule has 1 aromatic rings. The Hall–Kier alpha value is -2.31. The summed E-state index contributed by atoms with van der Waals surface area (Å²) in [5.41, 5.74) is 4.91. The number of piperidine rings is 1. The van der Waals surface area contributed by atoms with E-state index in [1.165, 1.54) is 6.20 Å². The van der Waals surface area contributed by atoms with Gasteiger partial charge < -0.3 is 20.1 Å². The van der Waals surface area contributed by atoms with Crippen LogP contribution in [0.15, 0.2) is 18.3 Å². The Labute approximate surface area is 148 Å². The third kappa shape index (κ3) is 6.25. The zero-order valence-electron chi connectivity index (χ0n) is 15.2. The van der Waals surface area contributed by atoms with Crippen LogP contribution < -0.4 is 10.5 Å². The SMILES string of the molecule is CC(C)(C)OC(=O)N1CCC(CCOc2ccc(C(N)=O)nc2)CC1. The van der Waals surface area contributed by atoms with Crippen LogP contribution in [0.5, 0.6) is 5.75 Å². The molecule has 1 aromatic heterocycles. The van der Waals surface area contributed by atoms with Gasteiger partial charge in [-0.25, -0.2) is 9.78 Å². The molecular formula is C18H27N3O4. The number of nitrogens with zero attached hydrogens (tertiary/aromatic N) is 2. The largest absolute Gasteiger partial charge is 0.492 e. The Morgan fingerprint density at radius 2 is 1.96 bits per heavy atom. The maximum Gasteiger partial charge on any atom is 0.410 e. The van der Waals surface area contributed by atoms with Gasteiger partial charge in [0.15, 0.2) is 0 Å². The number of aromatic nitrogens is 1. The second kappa shape index (κ2) is 8.18. The highest BCUT2D eigenvalue weighted by Gasteiger charge is 2.26. The minimum Gasteiger partial charge on any atom is -0.492 e. The van der Waals surface area contributed by atoms with Crippen LogP contribution in [0, 0.1) is 5.92 Å². The third-order valence-electron chi connectivity index (χ3n) is 4.05. The monoisotopic (exact) mass is 349 g/mol. The average Bonchev–Trinajstić information content (AvgIpc) is 2.54. The summed E-state index contributed by atoms with van der Waals surface area (Å²) in [4.78, 5) is 28.7. The summed E-state index contributed by atoms with van der Waals surface area (Å²) in [5.74, 6) is 0.594. The number of ether oxygens (including phenoxy) is 2. The molecule has 1 saturated heterocycles. The van der Waals surface area contributed by atoms with Crippen LogP contribution in [0.2, 0.25) is 0 Å². The number of carbonyl (C=O) groups is 2. The molecular weight excluding hydrogens is 322 g/mol. The number of primary amides is 1. The first-order chi connectivity index (χ1) is 11.7. The number of hydrogen-bond acceptors (Lipinski definition) is 5. The molecule has 0 atom stereocenters. The molecule has 7 nitrogen and oxygen atoms in total. The van der Waals surface area contributed by atoms with Gasteiger partial charge in [0.2, 0.25) is 0 Å². The highest BCUT2D eigenvalue weighted by molar-refractivity contribution is 5.90. The van der Waals surface area contributed by atoms with Gasteiger partial charge in [0, 0.05) is 13.1 Å². The van der Waals surface area contributed by atoms with Crippen LogP contribution in [-0.2, 0) is 4.74 Å². The van der Waals surface area contributed by atoms with Crippen LogP contribution in [0.25, 0.3) is 0 Å². The molecule has 7 heteroatoms. The molecule has 2 heterocycles. The van der Waals surface area contributed by atoms with E-state index < -0.39 is 11.5 Å². The number of nitrogens with two attached hydrogens (primary N) is 1. The van der Waals surface area contributed by atoms with Gasteiger partial charge in [-0.2, -0.15) is 0 Å². The molecule has 0 unspecified atom stereocenters. The number of hydrogen-bond donors (Lipinski definition) is 1. The van der Waals surface area contributed by atoms with E-state index in [4.69, 9.17) is 15.2 Å². The molecule has 1 aliphatic rings. The van der Waals surface area contributed by atoms with E-state index in [1.54, 1.807) is 17.0 Å². The lowest BCUT2D eigenvalue weighted by Crippen LogP contribution is -2.41. The Morgan fingerprint density at radius 1 is 1.28 bits per heavy atom. The average molecular weight is 349 g/mol. The first-order valence-corrected chi connectivity index (χ1v) is 8.61. The van der Waals surface area contributed by atoms with Crippen LogP contribution in [-0.4, -0.2) is 47.2 Å². The molecule has 0 aromatic carbocycles. The molecule has 1 fully saturated rings. The van der Waals surface area contributed by atoms with Crippen molar-refractivity contribution in [2.75, 3.05) is 19.7 Å². The zero-order valence-corrected chi connectivity index (χ0v) is 15.2. The molecule has 25 heavy (non-hydrogen) atoms. The van der Waals surface area contributed by atoms with E-state index in [1.807, 2.05) is 20.8 Å². The fourth-order valence-electron chi connectivity index (χ4n) is 2.69. The summed E-state index contributed by atoms with van der Waals surface area (Å²) < 4.78 is 11.1. The van der Waals surface area contributed by atoms with E-state index >= 15 is 0 Å². The lowest BCUT2D eigenvalue weighted by molar-refractivity contribution is 0.0177. The highest BCUT2D eigenvalue weighted by atomic mass is 16.6. The van der Waals surface area contributed by atoms with Gasteiger partial charge in [-0.1, -0.05) is 0 Å². The number of pyridine rings is 1. The first kappa shape index (κ1) is 19.0. The minimum atomic E-state index is -0.553. The molecule has 2 N–H and O–H groups in total. The summed E-state index contributed by atoms with van der Waals surface area (Å²) in [6, 6.07) is 3.25. The summed E-state index contributed by atoms with van der Waals surface area (Å²) in [7, 11) is 0. The van der Waals surface area contributed by atoms with Crippen molar-refractivity contribution in [3.63, 3.8) is 0 Å². The van der Waals surface area contributed by atoms with Crippen LogP contribution >= 0.6 is 0 Å². The number of carbonyl (C=O) groups excluding carboxylic acids is 2. The molecule has 2 amide bonds. The van der Waals surface area contributed by atoms with Crippen LogP contribution in [0.1, 0.15) is 50.5 Å². The maximum atomic E-state index is 12.0. The van der Waals surface area contributed by atoms with Crippen molar-refractivity contribution in [2.24, 2.45) is 11.7 Å². The lowest BCUT2D eigenvalue weighted by atomic mass is 9.94.